The lowest BCUT2D eigenvalue weighted by Crippen LogP contribution is -2.55. The maximum Gasteiger partial charge on any atom is 0.416 e. The average molecular weight is 337 g/mol. The molecule has 0 N–H and O–H groups in total. The summed E-state index contributed by atoms with van der Waals surface area (Å²) in [5.74, 6) is 0.184. The second-order valence-corrected chi connectivity index (χ2v) is 6.66. The maximum absolute atomic E-state index is 13.0. The predicted molar refractivity (Wildman–Crippen MR) is 96.3 cm³/mol. The summed E-state index contributed by atoms with van der Waals surface area (Å²) in [7, 11) is 0. The Morgan fingerprint density at radius 2 is 1.44 bits per heavy atom. The molecule has 3 rings (SSSR count). The van der Waals surface area contributed by atoms with Crippen molar-refractivity contribution in [2.75, 3.05) is 0 Å². The third-order valence-electron chi connectivity index (χ3n) is 5.13. The van der Waals surface area contributed by atoms with Gasteiger partial charge in [-0.1, -0.05) is 62.4 Å². The Bertz CT molecular complexity index is 744. The second-order valence-electron chi connectivity index (χ2n) is 6.66. The van der Waals surface area contributed by atoms with E-state index in [1.165, 1.54) is 0 Å². The highest BCUT2D eigenvalue weighted by Crippen LogP contribution is 2.39. The summed E-state index contributed by atoms with van der Waals surface area (Å²) in [6.45, 7) is 5.69. The van der Waals surface area contributed by atoms with Crippen molar-refractivity contribution in [1.82, 2.24) is 4.90 Å². The zero-order valence-electron chi connectivity index (χ0n) is 14.8. The highest BCUT2D eigenvalue weighted by atomic mass is 16.6. The number of Topliss-reactive ketones (excluding diaryl/α,β-unsaturated/α-hetero) is 1. The number of para-hydroxylation sites is 1. The van der Waals surface area contributed by atoms with Crippen molar-refractivity contribution >= 4 is 11.9 Å². The number of piperidine rings is 1. The summed E-state index contributed by atoms with van der Waals surface area (Å²) in [5.41, 5.74) is 0.951. The molecule has 1 heterocycles. The Hall–Kier alpha value is -2.62. The Morgan fingerprint density at radius 1 is 0.880 bits per heavy atom. The first-order chi connectivity index (χ1) is 12.0. The number of carbonyl (C=O) groups excluding carboxylic acids is 2. The fourth-order valence-electron chi connectivity index (χ4n) is 3.56. The molecule has 0 unspecified atom stereocenters. The summed E-state index contributed by atoms with van der Waals surface area (Å²) in [6.07, 6.45) is -0.418. The number of hydrogen-bond acceptors (Lipinski definition) is 3. The molecule has 1 amide bonds. The maximum atomic E-state index is 13.0. The van der Waals surface area contributed by atoms with Crippen molar-refractivity contribution in [3.63, 3.8) is 0 Å². The topological polar surface area (TPSA) is 46.6 Å². The van der Waals surface area contributed by atoms with E-state index in [1.807, 2.05) is 69.3 Å². The molecular weight excluding hydrogens is 314 g/mol. The molecule has 1 aliphatic rings. The van der Waals surface area contributed by atoms with Crippen LogP contribution in [-0.2, 0) is 4.79 Å². The molecule has 4 nitrogen and oxygen atoms in total. The van der Waals surface area contributed by atoms with Crippen LogP contribution >= 0.6 is 0 Å². The van der Waals surface area contributed by atoms with Crippen LogP contribution in [0.25, 0.3) is 0 Å². The second kappa shape index (κ2) is 7.09. The quantitative estimate of drug-likeness (QED) is 0.812. The zero-order chi connectivity index (χ0) is 18.0. The lowest BCUT2D eigenvalue weighted by Gasteiger charge is -2.45. The summed E-state index contributed by atoms with van der Waals surface area (Å²) < 4.78 is 5.58. The van der Waals surface area contributed by atoms with E-state index in [2.05, 4.69) is 0 Å². The summed E-state index contributed by atoms with van der Waals surface area (Å²) in [6, 6.07) is 18.2. The highest BCUT2D eigenvalue weighted by molar-refractivity contribution is 5.87. The molecule has 0 aliphatic carbocycles. The Morgan fingerprint density at radius 3 is 2.04 bits per heavy atom. The van der Waals surface area contributed by atoms with Crippen LogP contribution in [0.15, 0.2) is 60.7 Å². The van der Waals surface area contributed by atoms with E-state index in [0.29, 0.717) is 5.75 Å². The van der Waals surface area contributed by atoms with Crippen molar-refractivity contribution in [3.05, 3.63) is 66.2 Å². The van der Waals surface area contributed by atoms with E-state index in [-0.39, 0.29) is 29.7 Å². The summed E-state index contributed by atoms with van der Waals surface area (Å²) in [5, 5.41) is 0. The van der Waals surface area contributed by atoms with E-state index in [9.17, 15) is 9.59 Å². The predicted octanol–water partition coefficient (Wildman–Crippen LogP) is 4.47. The third-order valence-corrected chi connectivity index (χ3v) is 5.13. The fourth-order valence-corrected chi connectivity index (χ4v) is 3.56. The summed E-state index contributed by atoms with van der Waals surface area (Å²) >= 11 is 0. The SMILES string of the molecule is C[C@@H]1C(=O)[C@H](C)[C@@H](c2ccccc2)N(C(=O)Oc2ccccc2)[C@H]1C. The minimum absolute atomic E-state index is 0.185. The Balaban J connectivity index is 1.96. The lowest BCUT2D eigenvalue weighted by atomic mass is 9.77. The van der Waals surface area contributed by atoms with Gasteiger partial charge < -0.3 is 4.74 Å². The fraction of sp³-hybridized carbons (Fsp3) is 0.333. The first-order valence-electron chi connectivity index (χ1n) is 8.64. The molecule has 1 fully saturated rings. The number of hydrogen-bond donors (Lipinski definition) is 0. The molecule has 0 aromatic heterocycles. The van der Waals surface area contributed by atoms with E-state index in [0.717, 1.165) is 5.56 Å². The van der Waals surface area contributed by atoms with Gasteiger partial charge in [0.25, 0.3) is 0 Å². The van der Waals surface area contributed by atoms with Gasteiger partial charge in [0.1, 0.15) is 11.5 Å². The number of likely N-dealkylation sites (tertiary alicyclic amines) is 1. The van der Waals surface area contributed by atoms with Crippen LogP contribution in [0, 0.1) is 11.8 Å². The van der Waals surface area contributed by atoms with Crippen molar-refractivity contribution in [3.8, 4) is 5.75 Å². The van der Waals surface area contributed by atoms with Gasteiger partial charge in [-0.15, -0.1) is 0 Å². The minimum Gasteiger partial charge on any atom is -0.410 e. The molecule has 0 spiro atoms. The number of amides is 1. The van der Waals surface area contributed by atoms with Crippen LogP contribution < -0.4 is 4.74 Å². The molecule has 4 heteroatoms. The van der Waals surface area contributed by atoms with E-state index in [4.69, 9.17) is 4.74 Å². The lowest BCUT2D eigenvalue weighted by molar-refractivity contribution is -0.135. The van der Waals surface area contributed by atoms with Crippen LogP contribution in [0.2, 0.25) is 0 Å². The molecule has 1 saturated heterocycles. The van der Waals surface area contributed by atoms with Crippen molar-refractivity contribution < 1.29 is 14.3 Å². The molecule has 0 radical (unpaired) electrons. The van der Waals surface area contributed by atoms with Crippen LogP contribution in [0.3, 0.4) is 0 Å². The molecule has 2 aromatic carbocycles. The van der Waals surface area contributed by atoms with Crippen molar-refractivity contribution in [1.29, 1.82) is 0 Å². The van der Waals surface area contributed by atoms with Crippen molar-refractivity contribution in [2.45, 2.75) is 32.9 Å². The van der Waals surface area contributed by atoms with E-state index >= 15 is 0 Å². The molecule has 0 bridgehead atoms. The number of carbonyl (C=O) groups is 2. The van der Waals surface area contributed by atoms with Gasteiger partial charge in [0, 0.05) is 17.9 Å². The van der Waals surface area contributed by atoms with Gasteiger partial charge in [-0.25, -0.2) is 4.79 Å². The Labute approximate surface area is 148 Å². The molecule has 1 aliphatic heterocycles. The normalized spacial score (nSPS) is 26.4. The molecule has 0 saturated carbocycles. The molecular formula is C21H23NO3. The van der Waals surface area contributed by atoms with Gasteiger partial charge in [-0.05, 0) is 24.6 Å². The average Bonchev–Trinajstić information content (AvgIpc) is 2.64. The summed E-state index contributed by atoms with van der Waals surface area (Å²) in [4.78, 5) is 27.3. The van der Waals surface area contributed by atoms with Gasteiger partial charge in [0.15, 0.2) is 0 Å². The molecule has 2 aromatic rings. The van der Waals surface area contributed by atoms with Gasteiger partial charge in [0.2, 0.25) is 0 Å². The smallest absolute Gasteiger partial charge is 0.410 e. The van der Waals surface area contributed by atoms with Crippen molar-refractivity contribution in [2.24, 2.45) is 11.8 Å². The number of ketones is 1. The monoisotopic (exact) mass is 337 g/mol. The van der Waals surface area contributed by atoms with Crippen LogP contribution in [0.1, 0.15) is 32.4 Å². The first kappa shape index (κ1) is 17.2. The molecule has 25 heavy (non-hydrogen) atoms. The van der Waals surface area contributed by atoms with Crippen LogP contribution in [-0.4, -0.2) is 22.8 Å². The van der Waals surface area contributed by atoms with E-state index in [1.54, 1.807) is 17.0 Å². The standard InChI is InChI=1S/C21H23NO3/c1-14-16(3)22(21(24)25-18-12-8-5-9-13-18)19(15(2)20(14)23)17-10-6-4-7-11-17/h4-16,19H,1-3H3/t14-,15+,16-,19-/m0/s1. The van der Waals surface area contributed by atoms with Gasteiger partial charge in [0.05, 0.1) is 6.04 Å². The van der Waals surface area contributed by atoms with Gasteiger partial charge in [-0.2, -0.15) is 0 Å². The van der Waals surface area contributed by atoms with Gasteiger partial charge in [-0.3, -0.25) is 9.69 Å². The zero-order valence-corrected chi connectivity index (χ0v) is 14.8. The number of nitrogens with zero attached hydrogens (tertiary/aromatic N) is 1. The van der Waals surface area contributed by atoms with Gasteiger partial charge >= 0.3 is 6.09 Å². The minimum atomic E-state index is -0.418. The highest BCUT2D eigenvalue weighted by Gasteiger charge is 2.46. The Kier molecular flexibility index (Phi) is 4.88. The van der Waals surface area contributed by atoms with Crippen LogP contribution in [0.5, 0.6) is 5.75 Å². The largest absolute Gasteiger partial charge is 0.416 e. The molecule has 130 valence electrons. The molecule has 4 atom stereocenters. The van der Waals surface area contributed by atoms with Crippen LogP contribution in [0.4, 0.5) is 4.79 Å². The van der Waals surface area contributed by atoms with E-state index < -0.39 is 6.09 Å². The number of ether oxygens (including phenoxy) is 1. The number of benzene rings is 2. The number of rotatable bonds is 2. The third kappa shape index (κ3) is 3.29. The first-order valence-corrected chi connectivity index (χ1v) is 8.64.